The lowest BCUT2D eigenvalue weighted by Crippen LogP contribution is -2.30. The molecule has 0 radical (unpaired) electrons. The fraction of sp³-hybridized carbons (Fsp3) is 0. The molecule has 0 atom stereocenters. The van der Waals surface area contributed by atoms with Crippen LogP contribution in [-0.4, -0.2) is 17.7 Å². The molecule has 2 aromatic rings. The maximum atomic E-state index is 11.9. The van der Waals surface area contributed by atoms with Crippen LogP contribution in [0, 0.1) is 0 Å². The van der Waals surface area contributed by atoms with Crippen LogP contribution >= 0.6 is 15.9 Å². The highest BCUT2D eigenvalue weighted by Crippen LogP contribution is 2.16. The highest BCUT2D eigenvalue weighted by Gasteiger charge is 2.17. The Balaban J connectivity index is 2.09. The van der Waals surface area contributed by atoms with Crippen molar-refractivity contribution in [3.8, 4) is 0 Å². The van der Waals surface area contributed by atoms with E-state index in [2.05, 4.69) is 26.6 Å². The number of hydrogen-bond donors (Lipinski definition) is 3. The van der Waals surface area contributed by atoms with E-state index in [-0.39, 0.29) is 11.3 Å². The molecule has 0 fully saturated rings. The number of carbonyl (C=O) groups is 3. The molecule has 0 saturated heterocycles. The van der Waals surface area contributed by atoms with Gasteiger partial charge >= 0.3 is 11.8 Å². The minimum absolute atomic E-state index is 0.131. The number of benzene rings is 2. The van der Waals surface area contributed by atoms with Gasteiger partial charge in [0, 0.05) is 10.2 Å². The standard InChI is InChI=1S/C15H12BrN3O3/c16-9-4-3-5-10(8-9)18-14(21)15(22)19-12-7-2-1-6-11(12)13(17)20/h1-8H,(H2,17,20)(H,18,21)(H,19,22). The molecule has 0 aliphatic heterocycles. The molecule has 112 valence electrons. The summed E-state index contributed by atoms with van der Waals surface area (Å²) in [6, 6.07) is 13.0. The molecule has 6 nitrogen and oxygen atoms in total. The predicted octanol–water partition coefficient (Wildman–Crippen LogP) is 2.13. The number of halogens is 1. The van der Waals surface area contributed by atoms with Gasteiger partial charge in [-0.25, -0.2) is 0 Å². The van der Waals surface area contributed by atoms with Gasteiger partial charge in [-0.2, -0.15) is 0 Å². The molecule has 0 heterocycles. The maximum absolute atomic E-state index is 11.9. The molecular weight excluding hydrogens is 350 g/mol. The number of hydrogen-bond acceptors (Lipinski definition) is 3. The molecule has 0 spiro atoms. The van der Waals surface area contributed by atoms with Gasteiger partial charge < -0.3 is 16.4 Å². The molecule has 0 aromatic heterocycles. The summed E-state index contributed by atoms with van der Waals surface area (Å²) in [4.78, 5) is 35.0. The summed E-state index contributed by atoms with van der Waals surface area (Å²) in [5.41, 5.74) is 6.00. The first-order chi connectivity index (χ1) is 10.5. The van der Waals surface area contributed by atoms with E-state index in [1.807, 2.05) is 0 Å². The van der Waals surface area contributed by atoms with Crippen molar-refractivity contribution < 1.29 is 14.4 Å². The normalized spacial score (nSPS) is 9.86. The number of amides is 3. The van der Waals surface area contributed by atoms with Crippen LogP contribution in [0.5, 0.6) is 0 Å². The van der Waals surface area contributed by atoms with Crippen molar-refractivity contribution >= 4 is 45.0 Å². The first kappa shape index (κ1) is 15.7. The zero-order valence-electron chi connectivity index (χ0n) is 11.3. The van der Waals surface area contributed by atoms with Crippen molar-refractivity contribution in [2.24, 2.45) is 5.73 Å². The number of anilines is 2. The van der Waals surface area contributed by atoms with Gasteiger partial charge in [0.05, 0.1) is 11.3 Å². The quantitative estimate of drug-likeness (QED) is 0.729. The summed E-state index contributed by atoms with van der Waals surface area (Å²) in [5, 5.41) is 4.82. The molecule has 4 N–H and O–H groups in total. The Labute approximate surface area is 134 Å². The third kappa shape index (κ3) is 3.92. The van der Waals surface area contributed by atoms with E-state index in [0.29, 0.717) is 5.69 Å². The van der Waals surface area contributed by atoms with E-state index in [1.54, 1.807) is 36.4 Å². The van der Waals surface area contributed by atoms with Gasteiger partial charge in [0.1, 0.15) is 0 Å². The van der Waals surface area contributed by atoms with Crippen molar-refractivity contribution in [2.75, 3.05) is 10.6 Å². The summed E-state index contributed by atoms with van der Waals surface area (Å²) in [7, 11) is 0. The summed E-state index contributed by atoms with van der Waals surface area (Å²) >= 11 is 3.27. The zero-order valence-corrected chi connectivity index (χ0v) is 12.9. The molecule has 7 heteroatoms. The maximum Gasteiger partial charge on any atom is 0.314 e. The molecule has 0 aliphatic carbocycles. The second-order valence-corrected chi connectivity index (χ2v) is 5.24. The highest BCUT2D eigenvalue weighted by atomic mass is 79.9. The lowest BCUT2D eigenvalue weighted by molar-refractivity contribution is -0.133. The minimum Gasteiger partial charge on any atom is -0.366 e. The van der Waals surface area contributed by atoms with Crippen molar-refractivity contribution in [3.05, 3.63) is 58.6 Å². The van der Waals surface area contributed by atoms with Crippen LogP contribution in [0.3, 0.4) is 0 Å². The number of carbonyl (C=O) groups excluding carboxylic acids is 3. The van der Waals surface area contributed by atoms with Gasteiger partial charge in [-0.1, -0.05) is 34.1 Å². The van der Waals surface area contributed by atoms with Crippen molar-refractivity contribution in [1.29, 1.82) is 0 Å². The molecule has 0 saturated carbocycles. The van der Waals surface area contributed by atoms with Gasteiger partial charge in [0.2, 0.25) is 0 Å². The number of primary amides is 1. The van der Waals surface area contributed by atoms with Crippen molar-refractivity contribution in [2.45, 2.75) is 0 Å². The third-order valence-corrected chi connectivity index (χ3v) is 3.22. The molecule has 2 aromatic carbocycles. The average Bonchev–Trinajstić information content (AvgIpc) is 2.47. The van der Waals surface area contributed by atoms with E-state index in [4.69, 9.17) is 5.73 Å². The second-order valence-electron chi connectivity index (χ2n) is 4.33. The van der Waals surface area contributed by atoms with Crippen LogP contribution in [0.2, 0.25) is 0 Å². The number of nitrogens with two attached hydrogens (primary N) is 1. The Morgan fingerprint density at radius 3 is 2.27 bits per heavy atom. The van der Waals surface area contributed by atoms with Crippen LogP contribution in [-0.2, 0) is 9.59 Å². The molecule has 22 heavy (non-hydrogen) atoms. The summed E-state index contributed by atoms with van der Waals surface area (Å²) in [5.74, 6) is -2.44. The van der Waals surface area contributed by atoms with Crippen molar-refractivity contribution in [1.82, 2.24) is 0 Å². The predicted molar refractivity (Wildman–Crippen MR) is 86.4 cm³/mol. The molecule has 0 unspecified atom stereocenters. The van der Waals surface area contributed by atoms with E-state index in [1.165, 1.54) is 12.1 Å². The second kappa shape index (κ2) is 6.86. The summed E-state index contributed by atoms with van der Waals surface area (Å²) in [6.45, 7) is 0. The zero-order chi connectivity index (χ0) is 16.1. The Hall–Kier alpha value is -2.67. The van der Waals surface area contributed by atoms with Crippen molar-refractivity contribution in [3.63, 3.8) is 0 Å². The first-order valence-corrected chi connectivity index (χ1v) is 7.03. The Bertz CT molecular complexity index is 746. The SMILES string of the molecule is NC(=O)c1ccccc1NC(=O)C(=O)Nc1cccc(Br)c1. The van der Waals surface area contributed by atoms with E-state index < -0.39 is 17.7 Å². The van der Waals surface area contributed by atoms with E-state index in [0.717, 1.165) is 4.47 Å². The Kier molecular flexibility index (Phi) is 4.90. The summed E-state index contributed by atoms with van der Waals surface area (Å²) < 4.78 is 0.768. The van der Waals surface area contributed by atoms with Crippen LogP contribution in [0.15, 0.2) is 53.0 Å². The fourth-order valence-electron chi connectivity index (χ4n) is 1.74. The van der Waals surface area contributed by atoms with Gasteiger partial charge in [-0.3, -0.25) is 14.4 Å². The van der Waals surface area contributed by atoms with Gasteiger partial charge in [-0.05, 0) is 30.3 Å². The smallest absolute Gasteiger partial charge is 0.314 e. The van der Waals surface area contributed by atoms with Crippen LogP contribution in [0.4, 0.5) is 11.4 Å². The summed E-state index contributed by atoms with van der Waals surface area (Å²) in [6.07, 6.45) is 0. The molecule has 0 aliphatic rings. The van der Waals surface area contributed by atoms with Crippen LogP contribution in [0.25, 0.3) is 0 Å². The van der Waals surface area contributed by atoms with Gasteiger partial charge in [0.15, 0.2) is 0 Å². The lowest BCUT2D eigenvalue weighted by Gasteiger charge is -2.09. The number of rotatable bonds is 3. The Morgan fingerprint density at radius 1 is 0.909 bits per heavy atom. The van der Waals surface area contributed by atoms with Crippen LogP contribution in [0.1, 0.15) is 10.4 Å². The van der Waals surface area contributed by atoms with E-state index in [9.17, 15) is 14.4 Å². The molecule has 0 bridgehead atoms. The molecular formula is C15H12BrN3O3. The number of nitrogens with one attached hydrogen (secondary N) is 2. The topological polar surface area (TPSA) is 101 Å². The monoisotopic (exact) mass is 361 g/mol. The average molecular weight is 362 g/mol. The number of para-hydroxylation sites is 1. The van der Waals surface area contributed by atoms with Gasteiger partial charge in [0.25, 0.3) is 5.91 Å². The fourth-order valence-corrected chi connectivity index (χ4v) is 2.14. The lowest BCUT2D eigenvalue weighted by atomic mass is 10.1. The van der Waals surface area contributed by atoms with Crippen LogP contribution < -0.4 is 16.4 Å². The molecule has 3 amide bonds. The van der Waals surface area contributed by atoms with E-state index >= 15 is 0 Å². The van der Waals surface area contributed by atoms with Gasteiger partial charge in [-0.15, -0.1) is 0 Å². The third-order valence-electron chi connectivity index (χ3n) is 2.73. The largest absolute Gasteiger partial charge is 0.366 e. The Morgan fingerprint density at radius 2 is 1.59 bits per heavy atom. The first-order valence-electron chi connectivity index (χ1n) is 6.24. The molecule has 2 rings (SSSR count). The minimum atomic E-state index is -0.895. The highest BCUT2D eigenvalue weighted by molar-refractivity contribution is 9.10.